The van der Waals surface area contributed by atoms with Crippen molar-refractivity contribution < 1.29 is 23.8 Å². The van der Waals surface area contributed by atoms with E-state index >= 15 is 0 Å². The van der Waals surface area contributed by atoms with Gasteiger partial charge in [0.2, 0.25) is 6.10 Å². The van der Waals surface area contributed by atoms with E-state index in [0.717, 1.165) is 37.0 Å². The lowest BCUT2D eigenvalue weighted by atomic mass is 10.1. The second-order valence-electron chi connectivity index (χ2n) is 7.54. The molecule has 0 bridgehead atoms. The van der Waals surface area contributed by atoms with Crippen LogP contribution in [0.2, 0.25) is 0 Å². The summed E-state index contributed by atoms with van der Waals surface area (Å²) in [5.74, 6) is 0.518. The first-order valence-electron chi connectivity index (χ1n) is 10.2. The molecule has 6 heteroatoms. The van der Waals surface area contributed by atoms with Crippen LogP contribution in [0.15, 0.2) is 54.1 Å². The van der Waals surface area contributed by atoms with Crippen LogP contribution in [0.5, 0.6) is 11.5 Å². The molecule has 6 nitrogen and oxygen atoms in total. The topological polar surface area (TPSA) is 73.9 Å². The average Bonchev–Trinajstić information content (AvgIpc) is 3.30. The van der Waals surface area contributed by atoms with Crippen molar-refractivity contribution in [2.24, 2.45) is 0 Å². The van der Waals surface area contributed by atoms with Gasteiger partial charge >= 0.3 is 5.97 Å². The number of hydrogen-bond donors (Lipinski definition) is 1. The van der Waals surface area contributed by atoms with Gasteiger partial charge in [0.05, 0.1) is 12.7 Å². The number of para-hydroxylation sites is 1. The molecule has 4 rings (SSSR count). The summed E-state index contributed by atoms with van der Waals surface area (Å²) in [4.78, 5) is 25.9. The molecule has 0 aromatic heterocycles. The first-order valence-corrected chi connectivity index (χ1v) is 10.2. The number of carbonyl (C=O) groups excluding carboxylic acids is 2. The van der Waals surface area contributed by atoms with Gasteiger partial charge < -0.3 is 19.5 Å². The summed E-state index contributed by atoms with van der Waals surface area (Å²) in [6.07, 6.45) is 4.81. The molecule has 2 aromatic carbocycles. The van der Waals surface area contributed by atoms with Crippen LogP contribution in [0.4, 0.5) is 0 Å². The molecule has 1 fully saturated rings. The smallest absolute Gasteiger partial charge is 0.338 e. The highest BCUT2D eigenvalue weighted by Gasteiger charge is 2.30. The van der Waals surface area contributed by atoms with Crippen molar-refractivity contribution in [3.05, 3.63) is 65.2 Å². The summed E-state index contributed by atoms with van der Waals surface area (Å²) in [6.45, 7) is 0.107. The molecule has 1 aliphatic heterocycles. The molecular formula is C24H25NO5. The predicted octanol–water partition coefficient (Wildman–Crippen LogP) is 3.81. The monoisotopic (exact) mass is 407 g/mol. The van der Waals surface area contributed by atoms with Gasteiger partial charge in [-0.3, -0.25) is 4.79 Å². The lowest BCUT2D eigenvalue weighted by Gasteiger charge is -2.22. The van der Waals surface area contributed by atoms with E-state index in [4.69, 9.17) is 14.2 Å². The Balaban J connectivity index is 1.54. The summed E-state index contributed by atoms with van der Waals surface area (Å²) in [5, 5.41) is 3.03. The van der Waals surface area contributed by atoms with Crippen LogP contribution >= 0.6 is 0 Å². The van der Waals surface area contributed by atoms with Gasteiger partial charge in [-0.05, 0) is 37.1 Å². The Morgan fingerprint density at radius 2 is 1.80 bits per heavy atom. The van der Waals surface area contributed by atoms with Gasteiger partial charge in [0.25, 0.3) is 5.91 Å². The summed E-state index contributed by atoms with van der Waals surface area (Å²) in [7, 11) is 1.58. The summed E-state index contributed by atoms with van der Waals surface area (Å²) >= 11 is 0. The molecule has 1 heterocycles. The van der Waals surface area contributed by atoms with E-state index in [9.17, 15) is 9.59 Å². The Bertz CT molecular complexity index is 944. The fourth-order valence-electron chi connectivity index (χ4n) is 3.82. The number of ether oxygens (including phenoxy) is 3. The lowest BCUT2D eigenvalue weighted by molar-refractivity contribution is -0.153. The summed E-state index contributed by atoms with van der Waals surface area (Å²) in [6, 6.07) is 14.6. The molecule has 1 saturated carbocycles. The maximum absolute atomic E-state index is 13.0. The number of hydrogen-bond acceptors (Lipinski definition) is 5. The molecule has 30 heavy (non-hydrogen) atoms. The lowest BCUT2D eigenvalue weighted by Crippen LogP contribution is -2.38. The first-order chi connectivity index (χ1) is 14.6. The number of esters is 1. The SMILES string of the molecule is COc1ccc([C@@H](OC(=O)C2=Cc3ccccc3OC2)C(=O)NC2CCCC2)cc1. The number of nitrogens with one attached hydrogen (secondary N) is 1. The van der Waals surface area contributed by atoms with Gasteiger partial charge in [0.1, 0.15) is 18.1 Å². The highest BCUT2D eigenvalue weighted by molar-refractivity contribution is 5.97. The van der Waals surface area contributed by atoms with Gasteiger partial charge in [-0.15, -0.1) is 0 Å². The zero-order valence-corrected chi connectivity index (χ0v) is 16.9. The van der Waals surface area contributed by atoms with Crippen LogP contribution in [0, 0.1) is 0 Å². The van der Waals surface area contributed by atoms with Gasteiger partial charge in [-0.1, -0.05) is 43.2 Å². The predicted molar refractivity (Wildman–Crippen MR) is 112 cm³/mol. The fraction of sp³-hybridized carbons (Fsp3) is 0.333. The number of rotatable bonds is 6. The van der Waals surface area contributed by atoms with Crippen molar-refractivity contribution in [2.75, 3.05) is 13.7 Å². The molecule has 0 saturated heterocycles. The molecule has 0 radical (unpaired) electrons. The van der Waals surface area contributed by atoms with Crippen molar-refractivity contribution in [1.82, 2.24) is 5.32 Å². The molecule has 1 atom stereocenters. The van der Waals surface area contributed by atoms with Gasteiger partial charge in [-0.25, -0.2) is 4.79 Å². The zero-order valence-electron chi connectivity index (χ0n) is 16.9. The third-order valence-corrected chi connectivity index (χ3v) is 5.48. The number of methoxy groups -OCH3 is 1. The van der Waals surface area contributed by atoms with Crippen molar-refractivity contribution >= 4 is 18.0 Å². The molecule has 2 aromatic rings. The highest BCUT2D eigenvalue weighted by atomic mass is 16.6. The largest absolute Gasteiger partial charge is 0.497 e. The molecule has 1 N–H and O–H groups in total. The number of carbonyl (C=O) groups is 2. The molecule has 2 aliphatic rings. The van der Waals surface area contributed by atoms with Gasteiger partial charge in [-0.2, -0.15) is 0 Å². The minimum absolute atomic E-state index is 0.107. The highest BCUT2D eigenvalue weighted by Crippen LogP contribution is 2.29. The summed E-state index contributed by atoms with van der Waals surface area (Å²) < 4.78 is 16.5. The van der Waals surface area contributed by atoms with Crippen molar-refractivity contribution in [2.45, 2.75) is 37.8 Å². The van der Waals surface area contributed by atoms with Crippen LogP contribution in [0.25, 0.3) is 6.08 Å². The van der Waals surface area contributed by atoms with E-state index < -0.39 is 12.1 Å². The molecule has 156 valence electrons. The Hall–Kier alpha value is -3.28. The number of fused-ring (bicyclic) bond motifs is 1. The third kappa shape index (κ3) is 4.48. The molecule has 0 unspecified atom stereocenters. The normalized spacial score (nSPS) is 16.6. The van der Waals surface area contributed by atoms with Crippen molar-refractivity contribution in [1.29, 1.82) is 0 Å². The van der Waals surface area contributed by atoms with E-state index in [-0.39, 0.29) is 18.6 Å². The van der Waals surface area contributed by atoms with Gasteiger partial charge in [0, 0.05) is 17.2 Å². The molecule has 1 aliphatic carbocycles. The van der Waals surface area contributed by atoms with Crippen LogP contribution < -0.4 is 14.8 Å². The quantitative estimate of drug-likeness (QED) is 0.737. The minimum Gasteiger partial charge on any atom is -0.497 e. The van der Waals surface area contributed by atoms with E-state index in [1.807, 2.05) is 24.3 Å². The second-order valence-corrected chi connectivity index (χ2v) is 7.54. The van der Waals surface area contributed by atoms with Crippen LogP contribution in [-0.4, -0.2) is 31.6 Å². The molecule has 0 spiro atoms. The standard InChI is InChI=1S/C24H25NO5/c1-28-20-12-10-16(11-13-20)22(23(26)25-19-7-3-4-8-19)30-24(27)18-14-17-6-2-5-9-21(17)29-15-18/h2,5-6,9-14,19,22H,3-4,7-8,15H2,1H3,(H,25,26)/t22-/m1/s1. The van der Waals surface area contributed by atoms with Crippen molar-refractivity contribution in [3.63, 3.8) is 0 Å². The van der Waals surface area contributed by atoms with Crippen LogP contribution in [-0.2, 0) is 14.3 Å². The van der Waals surface area contributed by atoms with E-state index in [1.54, 1.807) is 37.5 Å². The second kappa shape index (κ2) is 9.03. The average molecular weight is 407 g/mol. The Labute approximate surface area is 175 Å². The number of amides is 1. The number of benzene rings is 2. The Kier molecular flexibility index (Phi) is 6.02. The minimum atomic E-state index is -1.04. The van der Waals surface area contributed by atoms with Crippen LogP contribution in [0.3, 0.4) is 0 Å². The zero-order chi connectivity index (χ0) is 20.9. The van der Waals surface area contributed by atoms with E-state index in [0.29, 0.717) is 16.9 Å². The third-order valence-electron chi connectivity index (χ3n) is 5.48. The first kappa shape index (κ1) is 20.0. The van der Waals surface area contributed by atoms with Gasteiger partial charge in [0.15, 0.2) is 0 Å². The maximum atomic E-state index is 13.0. The Morgan fingerprint density at radius 3 is 2.53 bits per heavy atom. The molecular weight excluding hydrogens is 382 g/mol. The fourth-order valence-corrected chi connectivity index (χ4v) is 3.82. The molecule has 1 amide bonds. The van der Waals surface area contributed by atoms with E-state index in [2.05, 4.69) is 5.32 Å². The summed E-state index contributed by atoms with van der Waals surface area (Å²) in [5.41, 5.74) is 1.78. The van der Waals surface area contributed by atoms with E-state index in [1.165, 1.54) is 0 Å². The van der Waals surface area contributed by atoms with Crippen molar-refractivity contribution in [3.8, 4) is 11.5 Å². The maximum Gasteiger partial charge on any atom is 0.338 e. The van der Waals surface area contributed by atoms with Crippen LogP contribution in [0.1, 0.15) is 42.9 Å². The Morgan fingerprint density at radius 1 is 1.07 bits per heavy atom.